The predicted molar refractivity (Wildman–Crippen MR) is 81.1 cm³/mol. The zero-order valence-electron chi connectivity index (χ0n) is 10.1. The van der Waals surface area contributed by atoms with Gasteiger partial charge in [-0.2, -0.15) is 0 Å². The van der Waals surface area contributed by atoms with Crippen LogP contribution in [0.4, 0.5) is 0 Å². The maximum Gasteiger partial charge on any atom is 0.339 e. The Kier molecular flexibility index (Phi) is 4.76. The van der Waals surface area contributed by atoms with E-state index in [1.54, 1.807) is 12.1 Å². The Hall–Kier alpha value is -1.00. The number of carbonyl (C=O) groups excluding carboxylic acids is 1. The molecule has 3 nitrogen and oxygen atoms in total. The number of hydrogen-bond acceptors (Lipinski definition) is 3. The first kappa shape index (κ1) is 15.4. The summed E-state index contributed by atoms with van der Waals surface area (Å²) in [6.07, 6.45) is 1.36. The summed E-state index contributed by atoms with van der Waals surface area (Å²) in [6.45, 7) is 0. The van der Waals surface area contributed by atoms with E-state index in [0.29, 0.717) is 21.3 Å². The molecule has 0 bridgehead atoms. The van der Waals surface area contributed by atoms with Gasteiger partial charge in [0.05, 0.1) is 38.5 Å². The maximum absolute atomic E-state index is 11.6. The van der Waals surface area contributed by atoms with Crippen molar-refractivity contribution in [2.24, 2.45) is 0 Å². The second-order valence-corrected chi connectivity index (χ2v) is 5.39. The van der Waals surface area contributed by atoms with Crippen LogP contribution in [0.25, 0.3) is 11.3 Å². The molecule has 104 valence electrons. The highest BCUT2D eigenvalue weighted by atomic mass is 35.5. The van der Waals surface area contributed by atoms with Gasteiger partial charge in [-0.3, -0.25) is 4.98 Å². The number of rotatable bonds is 2. The monoisotopic (exact) mass is 349 g/mol. The van der Waals surface area contributed by atoms with Gasteiger partial charge in [0.1, 0.15) is 0 Å². The summed E-state index contributed by atoms with van der Waals surface area (Å²) in [5, 5.41) is 1.06. The first-order valence-corrected chi connectivity index (χ1v) is 6.84. The number of aromatic nitrogens is 1. The van der Waals surface area contributed by atoms with Gasteiger partial charge in [0.15, 0.2) is 0 Å². The molecular formula is C13H7Cl4NO2. The van der Waals surface area contributed by atoms with Crippen molar-refractivity contribution in [2.45, 2.75) is 0 Å². The Morgan fingerprint density at radius 1 is 1.05 bits per heavy atom. The highest BCUT2D eigenvalue weighted by Gasteiger charge is 2.14. The lowest BCUT2D eigenvalue weighted by molar-refractivity contribution is 0.0601. The average molecular weight is 351 g/mol. The lowest BCUT2D eigenvalue weighted by Crippen LogP contribution is -2.03. The standard InChI is InChI=1S/C13H7Cl4NO2/c1-20-13(19)7-4-11(18-5-10(7)16)6-2-8(14)12(17)9(15)3-6/h2-5H,1H3. The van der Waals surface area contributed by atoms with E-state index >= 15 is 0 Å². The molecule has 2 rings (SSSR count). The summed E-state index contributed by atoms with van der Waals surface area (Å²) in [5.74, 6) is -0.551. The molecule has 0 aliphatic carbocycles. The van der Waals surface area contributed by atoms with Crippen molar-refractivity contribution in [1.82, 2.24) is 4.98 Å². The van der Waals surface area contributed by atoms with Crippen LogP contribution in [-0.2, 0) is 4.74 Å². The van der Waals surface area contributed by atoms with Gasteiger partial charge < -0.3 is 4.74 Å². The molecule has 0 amide bonds. The topological polar surface area (TPSA) is 39.2 Å². The number of ether oxygens (including phenoxy) is 1. The van der Waals surface area contributed by atoms with Crippen LogP contribution in [0.1, 0.15) is 10.4 Å². The molecule has 0 aliphatic heterocycles. The van der Waals surface area contributed by atoms with Crippen LogP contribution in [0.3, 0.4) is 0 Å². The molecule has 20 heavy (non-hydrogen) atoms. The molecule has 0 aliphatic rings. The van der Waals surface area contributed by atoms with Crippen molar-refractivity contribution >= 4 is 52.4 Å². The van der Waals surface area contributed by atoms with Gasteiger partial charge in [0, 0.05) is 11.8 Å². The smallest absolute Gasteiger partial charge is 0.339 e. The number of halogens is 4. The summed E-state index contributed by atoms with van der Waals surface area (Å²) in [5.41, 5.74) is 1.31. The fourth-order valence-corrected chi connectivity index (χ4v) is 2.34. The SMILES string of the molecule is COC(=O)c1cc(-c2cc(Cl)c(Cl)c(Cl)c2)ncc1Cl. The van der Waals surface area contributed by atoms with Gasteiger partial charge in [0.25, 0.3) is 0 Å². The minimum Gasteiger partial charge on any atom is -0.465 e. The number of carbonyl (C=O) groups is 1. The Balaban J connectivity index is 2.56. The third-order valence-corrected chi connectivity index (χ3v) is 4.04. The Morgan fingerprint density at radius 2 is 1.65 bits per heavy atom. The molecule has 0 spiro atoms. The molecule has 0 atom stereocenters. The van der Waals surface area contributed by atoms with Gasteiger partial charge in [0.2, 0.25) is 0 Å². The van der Waals surface area contributed by atoms with Gasteiger partial charge >= 0.3 is 5.97 Å². The number of esters is 1. The van der Waals surface area contributed by atoms with Gasteiger partial charge in [-0.1, -0.05) is 46.4 Å². The quantitative estimate of drug-likeness (QED) is 0.555. The lowest BCUT2D eigenvalue weighted by atomic mass is 10.1. The molecule has 2 aromatic rings. The Bertz CT molecular complexity index is 665. The summed E-state index contributed by atoms with van der Waals surface area (Å²) < 4.78 is 4.65. The van der Waals surface area contributed by atoms with Crippen molar-refractivity contribution in [2.75, 3.05) is 7.11 Å². The van der Waals surface area contributed by atoms with E-state index in [0.717, 1.165) is 0 Å². The third-order valence-electron chi connectivity index (χ3n) is 2.54. The molecule has 1 heterocycles. The Labute approximate surface area is 135 Å². The van der Waals surface area contributed by atoms with Crippen LogP contribution in [0, 0.1) is 0 Å². The minimum absolute atomic E-state index is 0.201. The molecule has 0 unspecified atom stereocenters. The number of hydrogen-bond donors (Lipinski definition) is 0. The minimum atomic E-state index is -0.551. The van der Waals surface area contributed by atoms with Crippen molar-refractivity contribution in [3.05, 3.63) is 50.0 Å². The fraction of sp³-hybridized carbons (Fsp3) is 0.0769. The molecule has 0 saturated carbocycles. The van der Waals surface area contributed by atoms with Crippen LogP contribution in [0.2, 0.25) is 20.1 Å². The van der Waals surface area contributed by atoms with Crippen molar-refractivity contribution in [3.63, 3.8) is 0 Å². The number of methoxy groups -OCH3 is 1. The van der Waals surface area contributed by atoms with Crippen molar-refractivity contribution in [3.8, 4) is 11.3 Å². The summed E-state index contributed by atoms with van der Waals surface area (Å²) in [6, 6.07) is 4.71. The van der Waals surface area contributed by atoms with Crippen LogP contribution >= 0.6 is 46.4 Å². The summed E-state index contributed by atoms with van der Waals surface area (Å²) in [7, 11) is 1.27. The molecule has 0 N–H and O–H groups in total. The van der Waals surface area contributed by atoms with Crippen LogP contribution in [0.5, 0.6) is 0 Å². The predicted octanol–water partition coefficient (Wildman–Crippen LogP) is 5.15. The van der Waals surface area contributed by atoms with Crippen LogP contribution < -0.4 is 0 Å². The highest BCUT2D eigenvalue weighted by Crippen LogP contribution is 2.35. The largest absolute Gasteiger partial charge is 0.465 e. The van der Waals surface area contributed by atoms with E-state index < -0.39 is 5.97 Å². The van der Waals surface area contributed by atoms with Gasteiger partial charge in [-0.05, 0) is 18.2 Å². The first-order valence-electron chi connectivity index (χ1n) is 5.32. The molecule has 7 heteroatoms. The lowest BCUT2D eigenvalue weighted by Gasteiger charge is -2.07. The number of nitrogens with zero attached hydrogens (tertiary/aromatic N) is 1. The van der Waals surface area contributed by atoms with Gasteiger partial charge in [-0.25, -0.2) is 4.79 Å². The summed E-state index contributed by atoms with van der Waals surface area (Å²) in [4.78, 5) is 15.7. The summed E-state index contributed by atoms with van der Waals surface area (Å²) >= 11 is 23.7. The van der Waals surface area contributed by atoms with E-state index in [4.69, 9.17) is 46.4 Å². The van der Waals surface area contributed by atoms with E-state index in [9.17, 15) is 4.79 Å². The molecular weight excluding hydrogens is 344 g/mol. The van der Waals surface area contributed by atoms with E-state index in [1.807, 2.05) is 0 Å². The second kappa shape index (κ2) is 6.19. The Morgan fingerprint density at radius 3 is 2.20 bits per heavy atom. The van der Waals surface area contributed by atoms with Crippen LogP contribution in [0.15, 0.2) is 24.4 Å². The van der Waals surface area contributed by atoms with Crippen molar-refractivity contribution in [1.29, 1.82) is 0 Å². The highest BCUT2D eigenvalue weighted by molar-refractivity contribution is 6.48. The third kappa shape index (κ3) is 3.01. The molecule has 1 aromatic heterocycles. The molecule has 1 aromatic carbocycles. The van der Waals surface area contributed by atoms with Crippen molar-refractivity contribution < 1.29 is 9.53 Å². The average Bonchev–Trinajstić information content (AvgIpc) is 2.44. The maximum atomic E-state index is 11.6. The zero-order valence-corrected chi connectivity index (χ0v) is 13.1. The van der Waals surface area contributed by atoms with E-state index in [2.05, 4.69) is 9.72 Å². The first-order chi connectivity index (χ1) is 9.43. The van der Waals surface area contributed by atoms with E-state index in [-0.39, 0.29) is 15.6 Å². The van der Waals surface area contributed by atoms with Crippen LogP contribution in [-0.4, -0.2) is 18.1 Å². The molecule has 0 radical (unpaired) electrons. The fourth-order valence-electron chi connectivity index (χ4n) is 1.57. The molecule has 0 saturated heterocycles. The zero-order chi connectivity index (χ0) is 14.9. The second-order valence-electron chi connectivity index (χ2n) is 3.79. The molecule has 0 fully saturated rings. The number of pyridine rings is 1. The van der Waals surface area contributed by atoms with E-state index in [1.165, 1.54) is 19.4 Å². The number of benzene rings is 1. The van der Waals surface area contributed by atoms with Gasteiger partial charge in [-0.15, -0.1) is 0 Å². The normalized spacial score (nSPS) is 10.4.